The van der Waals surface area contributed by atoms with E-state index < -0.39 is 0 Å². The van der Waals surface area contributed by atoms with E-state index in [0.717, 1.165) is 30.0 Å². The molecule has 0 bridgehead atoms. The lowest BCUT2D eigenvalue weighted by atomic mass is 9.95. The van der Waals surface area contributed by atoms with Gasteiger partial charge in [0, 0.05) is 23.7 Å². The third-order valence-electron chi connectivity index (χ3n) is 3.81. The van der Waals surface area contributed by atoms with Gasteiger partial charge in [-0.1, -0.05) is 29.8 Å². The highest BCUT2D eigenvalue weighted by molar-refractivity contribution is 6.31. The van der Waals surface area contributed by atoms with Gasteiger partial charge in [0.05, 0.1) is 5.69 Å². The van der Waals surface area contributed by atoms with Gasteiger partial charge in [0.1, 0.15) is 0 Å². The Kier molecular flexibility index (Phi) is 3.54. The second kappa shape index (κ2) is 5.32. The van der Waals surface area contributed by atoms with Crippen molar-refractivity contribution in [1.29, 1.82) is 0 Å². The van der Waals surface area contributed by atoms with Crippen molar-refractivity contribution in [3.8, 4) is 0 Å². The van der Waals surface area contributed by atoms with E-state index in [0.29, 0.717) is 5.92 Å². The van der Waals surface area contributed by atoms with Crippen LogP contribution >= 0.6 is 11.6 Å². The van der Waals surface area contributed by atoms with E-state index in [1.807, 2.05) is 19.3 Å². The molecule has 1 heterocycles. The number of nitrogens with one attached hydrogen (secondary N) is 1. The number of hydrogen-bond acceptors (Lipinski definition) is 2. The van der Waals surface area contributed by atoms with Crippen LogP contribution in [-0.4, -0.2) is 12.0 Å². The molecule has 0 aliphatic heterocycles. The Hall–Kier alpha value is -1.38. The lowest BCUT2D eigenvalue weighted by molar-refractivity contribution is 0.768. The molecule has 1 aliphatic rings. The SMILES string of the molecule is CNCc1ccc(C2CCc3cccnc32)cc1Cl. The molecule has 0 saturated heterocycles. The zero-order valence-electron chi connectivity index (χ0n) is 11.0. The van der Waals surface area contributed by atoms with Gasteiger partial charge in [-0.3, -0.25) is 4.98 Å². The number of aromatic nitrogens is 1. The van der Waals surface area contributed by atoms with Crippen LogP contribution in [0.25, 0.3) is 0 Å². The van der Waals surface area contributed by atoms with Crippen molar-refractivity contribution in [2.24, 2.45) is 0 Å². The third kappa shape index (κ3) is 2.38. The fourth-order valence-electron chi connectivity index (χ4n) is 2.85. The molecule has 19 heavy (non-hydrogen) atoms. The van der Waals surface area contributed by atoms with Gasteiger partial charge in [-0.25, -0.2) is 0 Å². The van der Waals surface area contributed by atoms with Crippen LogP contribution in [0.4, 0.5) is 0 Å². The molecule has 0 spiro atoms. The summed E-state index contributed by atoms with van der Waals surface area (Å²) in [5.41, 5.74) is 5.03. The van der Waals surface area contributed by atoms with Crippen molar-refractivity contribution < 1.29 is 0 Å². The topological polar surface area (TPSA) is 24.9 Å². The first kappa shape index (κ1) is 12.6. The molecule has 3 heteroatoms. The van der Waals surface area contributed by atoms with Crippen molar-refractivity contribution >= 4 is 11.6 Å². The zero-order chi connectivity index (χ0) is 13.2. The Morgan fingerprint density at radius 2 is 2.26 bits per heavy atom. The fourth-order valence-corrected chi connectivity index (χ4v) is 3.11. The summed E-state index contributed by atoms with van der Waals surface area (Å²) in [6.07, 6.45) is 4.13. The van der Waals surface area contributed by atoms with E-state index in [1.165, 1.54) is 16.8 Å². The Morgan fingerprint density at radius 3 is 3.05 bits per heavy atom. The van der Waals surface area contributed by atoms with Crippen LogP contribution < -0.4 is 5.32 Å². The molecule has 3 rings (SSSR count). The number of fused-ring (bicyclic) bond motifs is 1. The molecular weight excluding hydrogens is 256 g/mol. The quantitative estimate of drug-likeness (QED) is 0.925. The molecule has 0 amide bonds. The van der Waals surface area contributed by atoms with E-state index >= 15 is 0 Å². The number of hydrogen-bond donors (Lipinski definition) is 1. The van der Waals surface area contributed by atoms with Crippen molar-refractivity contribution in [2.45, 2.75) is 25.3 Å². The lowest BCUT2D eigenvalue weighted by Crippen LogP contribution is -2.06. The average molecular weight is 273 g/mol. The largest absolute Gasteiger partial charge is 0.316 e. The molecule has 1 aromatic carbocycles. The predicted octanol–water partition coefficient (Wildman–Crippen LogP) is 3.53. The molecule has 98 valence electrons. The lowest BCUT2D eigenvalue weighted by Gasteiger charge is -2.13. The van der Waals surface area contributed by atoms with Gasteiger partial charge in [0.25, 0.3) is 0 Å². The van der Waals surface area contributed by atoms with Gasteiger partial charge < -0.3 is 5.32 Å². The van der Waals surface area contributed by atoms with Gasteiger partial charge in [0.2, 0.25) is 0 Å². The molecule has 1 N–H and O–H groups in total. The minimum Gasteiger partial charge on any atom is -0.316 e. The Balaban J connectivity index is 1.94. The summed E-state index contributed by atoms with van der Waals surface area (Å²) < 4.78 is 0. The van der Waals surface area contributed by atoms with Crippen molar-refractivity contribution in [3.63, 3.8) is 0 Å². The summed E-state index contributed by atoms with van der Waals surface area (Å²) in [4.78, 5) is 4.55. The van der Waals surface area contributed by atoms with Crippen molar-refractivity contribution in [3.05, 3.63) is 63.9 Å². The number of aryl methyl sites for hydroxylation is 1. The van der Waals surface area contributed by atoms with E-state index in [1.54, 1.807) is 0 Å². The van der Waals surface area contributed by atoms with Crippen LogP contribution in [0.3, 0.4) is 0 Å². The summed E-state index contributed by atoms with van der Waals surface area (Å²) in [6, 6.07) is 10.6. The minimum atomic E-state index is 0.400. The van der Waals surface area contributed by atoms with Gasteiger partial charge in [0.15, 0.2) is 0 Å². The molecular formula is C16H17ClN2. The second-order valence-electron chi connectivity index (χ2n) is 5.02. The maximum atomic E-state index is 6.35. The molecule has 2 aromatic rings. The van der Waals surface area contributed by atoms with Gasteiger partial charge >= 0.3 is 0 Å². The number of pyridine rings is 1. The molecule has 1 aromatic heterocycles. The van der Waals surface area contributed by atoms with Crippen LogP contribution in [0.1, 0.15) is 34.7 Å². The monoisotopic (exact) mass is 272 g/mol. The fraction of sp³-hybridized carbons (Fsp3) is 0.312. The summed E-state index contributed by atoms with van der Waals surface area (Å²) >= 11 is 6.35. The summed E-state index contributed by atoms with van der Waals surface area (Å²) in [5, 5.41) is 3.98. The average Bonchev–Trinajstić information content (AvgIpc) is 2.85. The normalized spacial score (nSPS) is 17.5. The van der Waals surface area contributed by atoms with Crippen LogP contribution in [-0.2, 0) is 13.0 Å². The Morgan fingerprint density at radius 1 is 1.37 bits per heavy atom. The highest BCUT2D eigenvalue weighted by Crippen LogP contribution is 2.37. The molecule has 0 fully saturated rings. The Labute approximate surface area is 118 Å². The number of benzene rings is 1. The van der Waals surface area contributed by atoms with Crippen molar-refractivity contribution in [1.82, 2.24) is 10.3 Å². The van der Waals surface area contributed by atoms with Gasteiger partial charge in [-0.15, -0.1) is 0 Å². The van der Waals surface area contributed by atoms with Crippen molar-refractivity contribution in [2.75, 3.05) is 7.05 Å². The molecule has 0 saturated carbocycles. The summed E-state index contributed by atoms with van der Waals surface area (Å²) in [6.45, 7) is 0.804. The predicted molar refractivity (Wildman–Crippen MR) is 78.6 cm³/mol. The van der Waals surface area contributed by atoms with E-state index in [4.69, 9.17) is 11.6 Å². The Bertz CT molecular complexity index is 595. The molecule has 1 atom stereocenters. The first-order chi connectivity index (χ1) is 9.29. The first-order valence-corrected chi connectivity index (χ1v) is 7.04. The second-order valence-corrected chi connectivity index (χ2v) is 5.43. The molecule has 1 aliphatic carbocycles. The van der Waals surface area contributed by atoms with Crippen LogP contribution in [0.2, 0.25) is 5.02 Å². The zero-order valence-corrected chi connectivity index (χ0v) is 11.7. The highest BCUT2D eigenvalue weighted by Gasteiger charge is 2.25. The maximum Gasteiger partial charge on any atom is 0.0510 e. The van der Waals surface area contributed by atoms with E-state index in [-0.39, 0.29) is 0 Å². The summed E-state index contributed by atoms with van der Waals surface area (Å²) in [7, 11) is 1.93. The minimum absolute atomic E-state index is 0.400. The van der Waals surface area contributed by atoms with Gasteiger partial charge in [-0.05, 0) is 48.7 Å². The van der Waals surface area contributed by atoms with E-state index in [2.05, 4.69) is 34.6 Å². The maximum absolute atomic E-state index is 6.35. The molecule has 2 nitrogen and oxygen atoms in total. The number of nitrogens with zero attached hydrogens (tertiary/aromatic N) is 1. The van der Waals surface area contributed by atoms with E-state index in [9.17, 15) is 0 Å². The standard InChI is InChI=1S/C16H17ClN2/c1-18-10-13-5-4-12(9-15(13)17)14-7-6-11-3-2-8-19-16(11)14/h2-5,8-9,14,18H,6-7,10H2,1H3. The van der Waals surface area contributed by atoms with Crippen LogP contribution in [0.15, 0.2) is 36.5 Å². The summed E-state index contributed by atoms with van der Waals surface area (Å²) in [5.74, 6) is 0.400. The smallest absolute Gasteiger partial charge is 0.0510 e. The van der Waals surface area contributed by atoms with Crippen LogP contribution in [0, 0.1) is 0 Å². The third-order valence-corrected chi connectivity index (χ3v) is 4.16. The van der Waals surface area contributed by atoms with Gasteiger partial charge in [-0.2, -0.15) is 0 Å². The number of halogens is 1. The number of rotatable bonds is 3. The van der Waals surface area contributed by atoms with Crippen LogP contribution in [0.5, 0.6) is 0 Å². The highest BCUT2D eigenvalue weighted by atomic mass is 35.5. The molecule has 1 unspecified atom stereocenters. The first-order valence-electron chi connectivity index (χ1n) is 6.66. The molecule has 0 radical (unpaired) electrons.